The number of aliphatic hydroxyl groups excluding tert-OH is 1. The molecule has 0 saturated carbocycles. The van der Waals surface area contributed by atoms with Crippen LogP contribution in [0.4, 0.5) is 8.78 Å². The van der Waals surface area contributed by atoms with E-state index in [-0.39, 0.29) is 12.2 Å². The van der Waals surface area contributed by atoms with Crippen LogP contribution in [0.2, 0.25) is 0 Å². The molecule has 2 N–H and O–H groups in total. The van der Waals surface area contributed by atoms with Gasteiger partial charge in [-0.3, -0.25) is 0 Å². The highest BCUT2D eigenvalue weighted by Gasteiger charge is 2.15. The molecule has 16 heavy (non-hydrogen) atoms. The van der Waals surface area contributed by atoms with Crippen molar-refractivity contribution in [3.63, 3.8) is 0 Å². The molecule has 0 radical (unpaired) electrons. The Hall–Kier alpha value is -1.58. The van der Waals surface area contributed by atoms with E-state index in [1.807, 2.05) is 6.07 Å². The lowest BCUT2D eigenvalue weighted by Crippen LogP contribution is -2.31. The molecule has 1 aromatic heterocycles. The van der Waals surface area contributed by atoms with Crippen LogP contribution in [0.5, 0.6) is 0 Å². The third-order valence-corrected chi connectivity index (χ3v) is 1.91. The number of hydrogen-bond acceptors (Lipinski definition) is 4. The Morgan fingerprint density at radius 1 is 1.56 bits per heavy atom. The molecule has 0 fully saturated rings. The molecule has 4 nitrogen and oxygen atoms in total. The standard InChI is InChI=1S/C10H11F2N3O/c11-10(12)9(16)6-14-5-7-1-2-15-8(3-7)4-13/h1-3,9-10,14,16H,5-6H2. The molecule has 1 unspecified atom stereocenters. The smallest absolute Gasteiger partial charge is 0.265 e. The maximum Gasteiger partial charge on any atom is 0.265 e. The third-order valence-electron chi connectivity index (χ3n) is 1.91. The van der Waals surface area contributed by atoms with E-state index in [0.717, 1.165) is 5.56 Å². The summed E-state index contributed by atoms with van der Waals surface area (Å²) < 4.78 is 23.9. The van der Waals surface area contributed by atoms with Gasteiger partial charge in [0, 0.05) is 19.3 Å². The topological polar surface area (TPSA) is 68.9 Å². The van der Waals surface area contributed by atoms with Gasteiger partial charge in [0.1, 0.15) is 17.9 Å². The van der Waals surface area contributed by atoms with Gasteiger partial charge in [-0.05, 0) is 17.7 Å². The molecule has 1 heterocycles. The van der Waals surface area contributed by atoms with Gasteiger partial charge in [0.05, 0.1) is 0 Å². The fourth-order valence-electron chi connectivity index (χ4n) is 1.10. The molecule has 1 rings (SSSR count). The van der Waals surface area contributed by atoms with Crippen molar-refractivity contribution in [2.75, 3.05) is 6.54 Å². The normalized spacial score (nSPS) is 12.4. The molecule has 0 aliphatic rings. The maximum absolute atomic E-state index is 11.9. The van der Waals surface area contributed by atoms with E-state index in [0.29, 0.717) is 6.54 Å². The monoisotopic (exact) mass is 227 g/mol. The average molecular weight is 227 g/mol. The van der Waals surface area contributed by atoms with Crippen molar-refractivity contribution in [1.82, 2.24) is 10.3 Å². The van der Waals surface area contributed by atoms with Gasteiger partial charge >= 0.3 is 0 Å². The number of hydrogen-bond donors (Lipinski definition) is 2. The van der Waals surface area contributed by atoms with Crippen molar-refractivity contribution in [2.24, 2.45) is 0 Å². The van der Waals surface area contributed by atoms with Gasteiger partial charge in [-0.25, -0.2) is 13.8 Å². The first kappa shape index (κ1) is 12.5. The Labute approximate surface area is 91.5 Å². The van der Waals surface area contributed by atoms with Crippen LogP contribution in [0.1, 0.15) is 11.3 Å². The van der Waals surface area contributed by atoms with E-state index in [1.165, 1.54) is 6.20 Å². The van der Waals surface area contributed by atoms with Crippen LogP contribution in [-0.4, -0.2) is 29.2 Å². The van der Waals surface area contributed by atoms with E-state index in [1.54, 1.807) is 12.1 Å². The van der Waals surface area contributed by atoms with E-state index in [2.05, 4.69) is 10.3 Å². The van der Waals surface area contributed by atoms with Gasteiger partial charge in [-0.1, -0.05) is 0 Å². The number of aromatic nitrogens is 1. The summed E-state index contributed by atoms with van der Waals surface area (Å²) >= 11 is 0. The summed E-state index contributed by atoms with van der Waals surface area (Å²) in [4.78, 5) is 3.77. The van der Waals surface area contributed by atoms with E-state index < -0.39 is 12.5 Å². The summed E-state index contributed by atoms with van der Waals surface area (Å²) in [5.74, 6) is 0. The van der Waals surface area contributed by atoms with Crippen molar-refractivity contribution in [2.45, 2.75) is 19.1 Å². The van der Waals surface area contributed by atoms with Crippen molar-refractivity contribution in [1.29, 1.82) is 5.26 Å². The predicted molar refractivity (Wildman–Crippen MR) is 52.7 cm³/mol. The second-order valence-electron chi connectivity index (χ2n) is 3.19. The molecule has 1 atom stereocenters. The lowest BCUT2D eigenvalue weighted by molar-refractivity contribution is -0.00340. The molecular formula is C10H11F2N3O. The second kappa shape index (κ2) is 6.10. The largest absolute Gasteiger partial charge is 0.386 e. The molecule has 0 amide bonds. The lowest BCUT2D eigenvalue weighted by Gasteiger charge is -2.10. The molecule has 0 aliphatic heterocycles. The second-order valence-corrected chi connectivity index (χ2v) is 3.19. The molecule has 0 aliphatic carbocycles. The Morgan fingerprint density at radius 2 is 2.31 bits per heavy atom. The van der Waals surface area contributed by atoms with Gasteiger partial charge in [-0.15, -0.1) is 0 Å². The summed E-state index contributed by atoms with van der Waals surface area (Å²) in [6.45, 7) is 0.114. The molecular weight excluding hydrogens is 216 g/mol. The van der Waals surface area contributed by atoms with Crippen molar-refractivity contribution < 1.29 is 13.9 Å². The van der Waals surface area contributed by atoms with Crippen LogP contribution in [0.25, 0.3) is 0 Å². The van der Waals surface area contributed by atoms with Gasteiger partial charge in [0.15, 0.2) is 0 Å². The van der Waals surface area contributed by atoms with Gasteiger partial charge in [0.2, 0.25) is 0 Å². The Bertz CT molecular complexity index is 379. The van der Waals surface area contributed by atoms with Gasteiger partial charge < -0.3 is 10.4 Å². The zero-order valence-corrected chi connectivity index (χ0v) is 8.40. The summed E-state index contributed by atoms with van der Waals surface area (Å²) in [7, 11) is 0. The van der Waals surface area contributed by atoms with E-state index in [4.69, 9.17) is 10.4 Å². The quantitative estimate of drug-likeness (QED) is 0.775. The highest BCUT2D eigenvalue weighted by atomic mass is 19.3. The number of halogens is 2. The van der Waals surface area contributed by atoms with Gasteiger partial charge in [0.25, 0.3) is 6.43 Å². The number of nitriles is 1. The number of pyridine rings is 1. The Kier molecular flexibility index (Phi) is 4.76. The highest BCUT2D eigenvalue weighted by Crippen LogP contribution is 2.02. The number of alkyl halides is 2. The van der Waals surface area contributed by atoms with Crippen LogP contribution >= 0.6 is 0 Å². The van der Waals surface area contributed by atoms with E-state index >= 15 is 0 Å². The fourth-order valence-corrected chi connectivity index (χ4v) is 1.10. The number of nitrogens with zero attached hydrogens (tertiary/aromatic N) is 2. The molecule has 0 spiro atoms. The molecule has 0 aromatic carbocycles. The lowest BCUT2D eigenvalue weighted by atomic mass is 10.2. The van der Waals surface area contributed by atoms with Gasteiger partial charge in [-0.2, -0.15) is 5.26 Å². The summed E-state index contributed by atoms with van der Waals surface area (Å²) in [5, 5.41) is 20.1. The summed E-state index contributed by atoms with van der Waals surface area (Å²) in [6, 6.07) is 5.10. The summed E-state index contributed by atoms with van der Waals surface area (Å²) in [5.41, 5.74) is 1.03. The Balaban J connectivity index is 2.40. The number of aliphatic hydroxyl groups is 1. The molecule has 86 valence electrons. The van der Waals surface area contributed by atoms with Crippen LogP contribution in [-0.2, 0) is 6.54 Å². The molecule has 0 bridgehead atoms. The van der Waals surface area contributed by atoms with Crippen LogP contribution in [0.3, 0.4) is 0 Å². The molecule has 0 saturated heterocycles. The van der Waals surface area contributed by atoms with E-state index in [9.17, 15) is 8.78 Å². The fraction of sp³-hybridized carbons (Fsp3) is 0.400. The zero-order valence-electron chi connectivity index (χ0n) is 8.40. The minimum Gasteiger partial charge on any atom is -0.386 e. The van der Waals surface area contributed by atoms with Crippen LogP contribution in [0, 0.1) is 11.3 Å². The number of nitrogens with one attached hydrogen (secondary N) is 1. The minimum atomic E-state index is -2.75. The minimum absolute atomic E-state index is 0.193. The first-order valence-corrected chi connectivity index (χ1v) is 4.65. The molecule has 6 heteroatoms. The first-order valence-electron chi connectivity index (χ1n) is 4.65. The average Bonchev–Trinajstić information content (AvgIpc) is 2.29. The van der Waals surface area contributed by atoms with Crippen LogP contribution in [0.15, 0.2) is 18.3 Å². The number of rotatable bonds is 5. The van der Waals surface area contributed by atoms with Crippen molar-refractivity contribution in [3.05, 3.63) is 29.6 Å². The Morgan fingerprint density at radius 3 is 2.94 bits per heavy atom. The first-order chi connectivity index (χ1) is 7.63. The maximum atomic E-state index is 11.9. The molecule has 1 aromatic rings. The van der Waals surface area contributed by atoms with Crippen molar-refractivity contribution >= 4 is 0 Å². The van der Waals surface area contributed by atoms with Crippen molar-refractivity contribution in [3.8, 4) is 6.07 Å². The predicted octanol–water partition coefficient (Wildman–Crippen LogP) is 0.669. The summed E-state index contributed by atoms with van der Waals surface area (Å²) in [6.07, 6.45) is -2.95. The third kappa shape index (κ3) is 3.88. The van der Waals surface area contributed by atoms with Crippen LogP contribution < -0.4 is 5.32 Å². The highest BCUT2D eigenvalue weighted by molar-refractivity contribution is 5.25. The zero-order chi connectivity index (χ0) is 12.0. The SMILES string of the molecule is N#Cc1cc(CNCC(O)C(F)F)ccn1.